The highest BCUT2D eigenvalue weighted by atomic mass is 79.9. The van der Waals surface area contributed by atoms with Crippen molar-refractivity contribution in [3.8, 4) is 0 Å². The molecule has 0 aromatic heterocycles. The average molecular weight is 312 g/mol. The molecule has 0 radical (unpaired) electrons. The number of aliphatic hydroxyl groups excluding tert-OH is 1. The topological polar surface area (TPSA) is 20.2 Å². The van der Waals surface area contributed by atoms with Gasteiger partial charge < -0.3 is 5.11 Å². The zero-order valence-electron chi connectivity index (χ0n) is 9.32. The smallest absolute Gasteiger partial charge is 0.104 e. The first-order valence-electron chi connectivity index (χ1n) is 5.27. The van der Waals surface area contributed by atoms with Crippen LogP contribution in [-0.2, 0) is 0 Å². The van der Waals surface area contributed by atoms with Crippen molar-refractivity contribution in [3.05, 3.63) is 68.7 Å². The van der Waals surface area contributed by atoms with Gasteiger partial charge in [-0.3, -0.25) is 0 Å². The van der Waals surface area contributed by atoms with Crippen LogP contribution in [0.15, 0.2) is 46.9 Å². The molecule has 88 valence electrons. The average Bonchev–Trinajstić information content (AvgIpc) is 2.28. The summed E-state index contributed by atoms with van der Waals surface area (Å²) >= 11 is 9.34. The highest BCUT2D eigenvalue weighted by Crippen LogP contribution is 2.27. The summed E-state index contributed by atoms with van der Waals surface area (Å²) in [6.45, 7) is 2.02. The van der Waals surface area contributed by atoms with Gasteiger partial charge in [-0.25, -0.2) is 0 Å². The summed E-state index contributed by atoms with van der Waals surface area (Å²) in [6.07, 6.45) is -0.648. The van der Waals surface area contributed by atoms with Crippen molar-refractivity contribution >= 4 is 27.5 Å². The van der Waals surface area contributed by atoms with Crippen LogP contribution >= 0.6 is 27.5 Å². The molecule has 2 aromatic rings. The maximum Gasteiger partial charge on any atom is 0.104 e. The van der Waals surface area contributed by atoms with Crippen LogP contribution in [0.3, 0.4) is 0 Å². The summed E-state index contributed by atoms with van der Waals surface area (Å²) in [5.74, 6) is 0. The van der Waals surface area contributed by atoms with Gasteiger partial charge in [0.25, 0.3) is 0 Å². The SMILES string of the molecule is Cc1ccc(C(O)c2cc(Cl)cc(Br)c2)cc1. The lowest BCUT2D eigenvalue weighted by molar-refractivity contribution is 0.220. The van der Waals surface area contributed by atoms with Gasteiger partial charge in [0.05, 0.1) is 0 Å². The number of hydrogen-bond acceptors (Lipinski definition) is 1. The third-order valence-electron chi connectivity index (χ3n) is 2.59. The van der Waals surface area contributed by atoms with E-state index >= 15 is 0 Å². The Morgan fingerprint density at radius 2 is 1.71 bits per heavy atom. The maximum atomic E-state index is 10.3. The first-order chi connectivity index (χ1) is 8.06. The lowest BCUT2D eigenvalue weighted by atomic mass is 10.0. The van der Waals surface area contributed by atoms with Crippen LogP contribution in [0.1, 0.15) is 22.8 Å². The Morgan fingerprint density at radius 3 is 2.29 bits per heavy atom. The maximum absolute atomic E-state index is 10.3. The standard InChI is InChI=1S/C14H12BrClO/c1-9-2-4-10(5-3-9)14(17)11-6-12(15)8-13(16)7-11/h2-8,14,17H,1H3. The number of hydrogen-bond donors (Lipinski definition) is 1. The van der Waals surface area contributed by atoms with Crippen LogP contribution in [0.5, 0.6) is 0 Å². The Hall–Kier alpha value is -0.830. The molecule has 0 saturated carbocycles. The second-order valence-corrected chi connectivity index (χ2v) is 5.37. The van der Waals surface area contributed by atoms with Crippen molar-refractivity contribution in [2.45, 2.75) is 13.0 Å². The van der Waals surface area contributed by atoms with Gasteiger partial charge in [0, 0.05) is 9.50 Å². The van der Waals surface area contributed by atoms with Gasteiger partial charge in [0.2, 0.25) is 0 Å². The Morgan fingerprint density at radius 1 is 1.06 bits per heavy atom. The molecule has 0 spiro atoms. The second-order valence-electron chi connectivity index (χ2n) is 4.02. The predicted octanol–water partition coefficient (Wildman–Crippen LogP) is 4.49. The first-order valence-corrected chi connectivity index (χ1v) is 6.44. The fourth-order valence-corrected chi connectivity index (χ4v) is 2.56. The van der Waals surface area contributed by atoms with E-state index < -0.39 is 6.10 Å². The van der Waals surface area contributed by atoms with E-state index in [0.29, 0.717) is 5.02 Å². The summed E-state index contributed by atoms with van der Waals surface area (Å²) in [5.41, 5.74) is 2.83. The second kappa shape index (κ2) is 5.21. The molecule has 0 aliphatic heterocycles. The van der Waals surface area contributed by atoms with E-state index in [9.17, 15) is 5.11 Å². The minimum atomic E-state index is -0.648. The molecule has 0 bridgehead atoms. The Kier molecular flexibility index (Phi) is 3.87. The van der Waals surface area contributed by atoms with Crippen LogP contribution < -0.4 is 0 Å². The zero-order valence-corrected chi connectivity index (χ0v) is 11.7. The van der Waals surface area contributed by atoms with Gasteiger partial charge in [0.1, 0.15) is 6.10 Å². The van der Waals surface area contributed by atoms with Crippen molar-refractivity contribution in [2.75, 3.05) is 0 Å². The van der Waals surface area contributed by atoms with Crippen LogP contribution in [0.4, 0.5) is 0 Å². The predicted molar refractivity (Wildman–Crippen MR) is 74.4 cm³/mol. The summed E-state index contributed by atoms with van der Waals surface area (Å²) in [7, 11) is 0. The lowest BCUT2D eigenvalue weighted by Crippen LogP contribution is -1.99. The van der Waals surface area contributed by atoms with Crippen LogP contribution in [-0.4, -0.2) is 5.11 Å². The number of rotatable bonds is 2. The molecule has 0 aliphatic carbocycles. The Balaban J connectivity index is 2.36. The molecule has 1 nitrogen and oxygen atoms in total. The molecule has 2 aromatic carbocycles. The number of halogens is 2. The molecule has 1 atom stereocenters. The third kappa shape index (κ3) is 3.09. The molecule has 2 rings (SSSR count). The van der Waals surface area contributed by atoms with Gasteiger partial charge >= 0.3 is 0 Å². The Bertz CT molecular complexity index is 502. The molecular formula is C14H12BrClO. The third-order valence-corrected chi connectivity index (χ3v) is 3.27. The van der Waals surface area contributed by atoms with Crippen molar-refractivity contribution in [2.24, 2.45) is 0 Å². The molecule has 0 aliphatic rings. The molecule has 0 amide bonds. The van der Waals surface area contributed by atoms with E-state index in [2.05, 4.69) is 15.9 Å². The van der Waals surface area contributed by atoms with E-state index in [1.54, 1.807) is 12.1 Å². The fourth-order valence-electron chi connectivity index (χ4n) is 1.67. The van der Waals surface area contributed by atoms with E-state index in [4.69, 9.17) is 11.6 Å². The summed E-state index contributed by atoms with van der Waals surface area (Å²) in [4.78, 5) is 0. The highest BCUT2D eigenvalue weighted by Gasteiger charge is 2.11. The molecular weight excluding hydrogens is 300 g/mol. The largest absolute Gasteiger partial charge is 0.384 e. The molecule has 0 saturated heterocycles. The minimum Gasteiger partial charge on any atom is -0.384 e. The summed E-state index contributed by atoms with van der Waals surface area (Å²) < 4.78 is 0.867. The fraction of sp³-hybridized carbons (Fsp3) is 0.143. The first kappa shape index (κ1) is 12.6. The zero-order chi connectivity index (χ0) is 12.4. The minimum absolute atomic E-state index is 0.612. The molecule has 17 heavy (non-hydrogen) atoms. The van der Waals surface area contributed by atoms with E-state index in [-0.39, 0.29) is 0 Å². The number of aliphatic hydroxyl groups is 1. The number of benzene rings is 2. The van der Waals surface area contributed by atoms with Crippen LogP contribution in [0.25, 0.3) is 0 Å². The van der Waals surface area contributed by atoms with Gasteiger partial charge in [-0.1, -0.05) is 57.4 Å². The molecule has 0 heterocycles. The van der Waals surface area contributed by atoms with Crippen molar-refractivity contribution in [1.29, 1.82) is 0 Å². The highest BCUT2D eigenvalue weighted by molar-refractivity contribution is 9.10. The van der Waals surface area contributed by atoms with Gasteiger partial charge in [0.15, 0.2) is 0 Å². The molecule has 0 fully saturated rings. The van der Waals surface area contributed by atoms with E-state index in [1.165, 1.54) is 5.56 Å². The van der Waals surface area contributed by atoms with Crippen LogP contribution in [0, 0.1) is 6.92 Å². The van der Waals surface area contributed by atoms with Gasteiger partial charge in [-0.15, -0.1) is 0 Å². The van der Waals surface area contributed by atoms with Crippen molar-refractivity contribution < 1.29 is 5.11 Å². The molecule has 3 heteroatoms. The molecule has 1 unspecified atom stereocenters. The number of aryl methyl sites for hydroxylation is 1. The van der Waals surface area contributed by atoms with Crippen LogP contribution in [0.2, 0.25) is 5.02 Å². The molecule has 1 N–H and O–H groups in total. The van der Waals surface area contributed by atoms with E-state index in [0.717, 1.165) is 15.6 Å². The lowest BCUT2D eigenvalue weighted by Gasteiger charge is -2.12. The van der Waals surface area contributed by atoms with E-state index in [1.807, 2.05) is 37.3 Å². The normalized spacial score (nSPS) is 12.5. The van der Waals surface area contributed by atoms with Crippen molar-refractivity contribution in [1.82, 2.24) is 0 Å². The summed E-state index contributed by atoms with van der Waals surface area (Å²) in [5, 5.41) is 10.9. The van der Waals surface area contributed by atoms with Crippen molar-refractivity contribution in [3.63, 3.8) is 0 Å². The van der Waals surface area contributed by atoms with Gasteiger partial charge in [-0.05, 0) is 36.2 Å². The monoisotopic (exact) mass is 310 g/mol. The quantitative estimate of drug-likeness (QED) is 0.866. The Labute approximate surface area is 114 Å². The van der Waals surface area contributed by atoms with Gasteiger partial charge in [-0.2, -0.15) is 0 Å². The summed E-state index contributed by atoms with van der Waals surface area (Å²) in [6, 6.07) is 13.3.